The second-order valence-corrected chi connectivity index (χ2v) is 6.55. The van der Waals surface area contributed by atoms with Crippen molar-refractivity contribution in [3.63, 3.8) is 0 Å². The van der Waals surface area contributed by atoms with Crippen molar-refractivity contribution in [2.45, 2.75) is 26.4 Å². The molecule has 6 nitrogen and oxygen atoms in total. The summed E-state index contributed by atoms with van der Waals surface area (Å²) in [5.74, 6) is 1.06. The molecule has 7 heteroatoms. The first kappa shape index (κ1) is 18.1. The van der Waals surface area contributed by atoms with Crippen molar-refractivity contribution in [2.24, 2.45) is 5.92 Å². The Morgan fingerprint density at radius 1 is 1.31 bits per heavy atom. The number of hydrogen-bond donors (Lipinski definition) is 1. The van der Waals surface area contributed by atoms with Gasteiger partial charge in [-0.1, -0.05) is 12.1 Å². The molecule has 0 unspecified atom stereocenters. The van der Waals surface area contributed by atoms with Crippen LogP contribution in [0.3, 0.4) is 0 Å². The Kier molecular flexibility index (Phi) is 5.99. The third-order valence-corrected chi connectivity index (χ3v) is 4.60. The third-order valence-electron chi connectivity index (χ3n) is 4.60. The minimum absolute atomic E-state index is 0.160. The first-order chi connectivity index (χ1) is 12.6. The van der Waals surface area contributed by atoms with Crippen LogP contribution in [0.25, 0.3) is 0 Å². The van der Waals surface area contributed by atoms with E-state index >= 15 is 0 Å². The van der Waals surface area contributed by atoms with Crippen molar-refractivity contribution in [1.29, 1.82) is 0 Å². The predicted octanol–water partition coefficient (Wildman–Crippen LogP) is 3.38. The lowest BCUT2D eigenvalue weighted by atomic mass is 9.97. The molecule has 26 heavy (non-hydrogen) atoms. The van der Waals surface area contributed by atoms with Crippen molar-refractivity contribution in [1.82, 2.24) is 14.9 Å². The Balaban J connectivity index is 1.39. The number of rotatable bonds is 5. The summed E-state index contributed by atoms with van der Waals surface area (Å²) in [7, 11) is 0. The van der Waals surface area contributed by atoms with E-state index in [-0.39, 0.29) is 18.5 Å². The third kappa shape index (κ3) is 4.91. The Bertz CT molecular complexity index is 731. The van der Waals surface area contributed by atoms with E-state index < -0.39 is 0 Å². The second-order valence-electron chi connectivity index (χ2n) is 6.55. The van der Waals surface area contributed by atoms with Crippen molar-refractivity contribution in [2.75, 3.05) is 25.0 Å². The molecule has 1 N–H and O–H groups in total. The van der Waals surface area contributed by atoms with Gasteiger partial charge in [0, 0.05) is 31.4 Å². The molecule has 0 atom stereocenters. The molecular formula is C19H23FN4O2. The number of piperidine rings is 1. The maximum atomic E-state index is 12.9. The molecule has 0 spiro atoms. The minimum atomic E-state index is -0.313. The second kappa shape index (κ2) is 8.60. The SMILES string of the molecule is Cc1cncnc1NCC1CCN(C(=O)OCc2ccc(F)cc2)CC1. The number of amides is 1. The highest BCUT2D eigenvalue weighted by molar-refractivity contribution is 5.67. The van der Waals surface area contributed by atoms with Crippen LogP contribution in [0, 0.1) is 18.7 Å². The molecule has 1 saturated heterocycles. The fraction of sp³-hybridized carbons (Fsp3) is 0.421. The van der Waals surface area contributed by atoms with Crippen LogP contribution < -0.4 is 5.32 Å². The Hall–Kier alpha value is -2.70. The van der Waals surface area contributed by atoms with E-state index in [0.29, 0.717) is 19.0 Å². The number of hydrogen-bond acceptors (Lipinski definition) is 5. The van der Waals surface area contributed by atoms with E-state index in [2.05, 4.69) is 15.3 Å². The number of aromatic nitrogens is 2. The van der Waals surface area contributed by atoms with Gasteiger partial charge in [0.25, 0.3) is 0 Å². The van der Waals surface area contributed by atoms with Gasteiger partial charge in [0.2, 0.25) is 0 Å². The highest BCUT2D eigenvalue weighted by Crippen LogP contribution is 2.19. The molecule has 1 aliphatic heterocycles. The summed E-state index contributed by atoms with van der Waals surface area (Å²) in [6, 6.07) is 5.97. The lowest BCUT2D eigenvalue weighted by molar-refractivity contribution is 0.0832. The first-order valence-corrected chi connectivity index (χ1v) is 8.78. The molecule has 3 rings (SSSR count). The fourth-order valence-corrected chi connectivity index (χ4v) is 2.96. The van der Waals surface area contributed by atoms with Crippen LogP contribution in [0.1, 0.15) is 24.0 Å². The van der Waals surface area contributed by atoms with Gasteiger partial charge in [0.1, 0.15) is 24.6 Å². The molecular weight excluding hydrogens is 335 g/mol. The van der Waals surface area contributed by atoms with Gasteiger partial charge in [-0.2, -0.15) is 0 Å². The molecule has 2 heterocycles. The lowest BCUT2D eigenvalue weighted by Gasteiger charge is -2.31. The highest BCUT2D eigenvalue weighted by Gasteiger charge is 2.23. The minimum Gasteiger partial charge on any atom is -0.445 e. The first-order valence-electron chi connectivity index (χ1n) is 8.78. The summed E-state index contributed by atoms with van der Waals surface area (Å²) in [4.78, 5) is 22.1. The summed E-state index contributed by atoms with van der Waals surface area (Å²) in [6.07, 6.45) is 4.85. The van der Waals surface area contributed by atoms with Crippen LogP contribution in [0.15, 0.2) is 36.8 Å². The number of nitrogens with one attached hydrogen (secondary N) is 1. The zero-order valence-corrected chi connectivity index (χ0v) is 14.8. The number of carbonyl (C=O) groups excluding carboxylic acids is 1. The zero-order valence-electron chi connectivity index (χ0n) is 14.8. The monoisotopic (exact) mass is 358 g/mol. The van der Waals surface area contributed by atoms with Gasteiger partial charge in [-0.3, -0.25) is 0 Å². The maximum absolute atomic E-state index is 12.9. The molecule has 2 aromatic rings. The molecule has 0 radical (unpaired) electrons. The summed E-state index contributed by atoms with van der Waals surface area (Å²) in [6.45, 7) is 4.32. The number of nitrogens with zero attached hydrogens (tertiary/aromatic N) is 3. The van der Waals surface area contributed by atoms with Gasteiger partial charge in [0.15, 0.2) is 0 Å². The number of carbonyl (C=O) groups is 1. The van der Waals surface area contributed by atoms with Crippen LogP contribution in [0.4, 0.5) is 15.0 Å². The van der Waals surface area contributed by atoms with E-state index in [4.69, 9.17) is 4.74 Å². The molecule has 138 valence electrons. The predicted molar refractivity (Wildman–Crippen MR) is 96.1 cm³/mol. The molecule has 0 aliphatic carbocycles. The number of anilines is 1. The topological polar surface area (TPSA) is 67.4 Å². The average molecular weight is 358 g/mol. The van der Waals surface area contributed by atoms with Crippen LogP contribution in [-0.2, 0) is 11.3 Å². The van der Waals surface area contributed by atoms with Gasteiger partial charge >= 0.3 is 6.09 Å². The van der Waals surface area contributed by atoms with Crippen LogP contribution >= 0.6 is 0 Å². The number of likely N-dealkylation sites (tertiary alicyclic amines) is 1. The quantitative estimate of drug-likeness (QED) is 0.887. The fourth-order valence-electron chi connectivity index (χ4n) is 2.96. The Labute approximate surface area is 152 Å². The summed E-state index contributed by atoms with van der Waals surface area (Å²) >= 11 is 0. The van der Waals surface area contributed by atoms with Gasteiger partial charge in [-0.05, 0) is 43.4 Å². The van der Waals surface area contributed by atoms with Gasteiger partial charge in [-0.15, -0.1) is 0 Å². The summed E-state index contributed by atoms with van der Waals surface area (Å²) in [5, 5.41) is 3.36. The van der Waals surface area contributed by atoms with E-state index in [1.165, 1.54) is 18.5 Å². The summed E-state index contributed by atoms with van der Waals surface area (Å²) < 4.78 is 18.2. The van der Waals surface area contributed by atoms with E-state index in [9.17, 15) is 9.18 Å². The van der Waals surface area contributed by atoms with Crippen LogP contribution in [0.5, 0.6) is 0 Å². The lowest BCUT2D eigenvalue weighted by Crippen LogP contribution is -2.40. The van der Waals surface area contributed by atoms with E-state index in [1.807, 2.05) is 6.92 Å². The number of aryl methyl sites for hydroxylation is 1. The molecule has 1 amide bonds. The molecule has 1 aliphatic rings. The summed E-state index contributed by atoms with van der Waals surface area (Å²) in [5.41, 5.74) is 1.80. The van der Waals surface area contributed by atoms with Crippen molar-refractivity contribution >= 4 is 11.9 Å². The number of ether oxygens (including phenoxy) is 1. The van der Waals surface area contributed by atoms with Crippen LogP contribution in [-0.4, -0.2) is 40.6 Å². The van der Waals surface area contributed by atoms with Crippen molar-refractivity contribution < 1.29 is 13.9 Å². The normalized spacial score (nSPS) is 14.9. The molecule has 0 saturated carbocycles. The van der Waals surface area contributed by atoms with Crippen LogP contribution in [0.2, 0.25) is 0 Å². The molecule has 1 fully saturated rings. The van der Waals surface area contributed by atoms with Gasteiger partial charge in [0.05, 0.1) is 0 Å². The highest BCUT2D eigenvalue weighted by atomic mass is 19.1. The van der Waals surface area contributed by atoms with Crippen molar-refractivity contribution in [3.05, 3.63) is 53.7 Å². The number of halogens is 1. The zero-order chi connectivity index (χ0) is 18.4. The maximum Gasteiger partial charge on any atom is 0.410 e. The van der Waals surface area contributed by atoms with Gasteiger partial charge < -0.3 is 15.0 Å². The molecule has 0 bridgehead atoms. The van der Waals surface area contributed by atoms with E-state index in [1.54, 1.807) is 23.2 Å². The number of benzene rings is 1. The Morgan fingerprint density at radius 2 is 2.04 bits per heavy atom. The average Bonchev–Trinajstić information content (AvgIpc) is 2.67. The smallest absolute Gasteiger partial charge is 0.410 e. The molecule has 1 aromatic heterocycles. The van der Waals surface area contributed by atoms with Crippen molar-refractivity contribution in [3.8, 4) is 0 Å². The largest absolute Gasteiger partial charge is 0.445 e. The molecule has 1 aromatic carbocycles. The van der Waals surface area contributed by atoms with Gasteiger partial charge in [-0.25, -0.2) is 19.2 Å². The van der Waals surface area contributed by atoms with E-state index in [0.717, 1.165) is 36.3 Å². The Morgan fingerprint density at radius 3 is 2.73 bits per heavy atom. The standard InChI is InChI=1S/C19H23FN4O2/c1-14-10-21-13-23-18(14)22-11-15-6-8-24(9-7-15)19(25)26-12-16-2-4-17(20)5-3-16/h2-5,10,13,15H,6-9,11-12H2,1H3,(H,21,22,23).